The molecule has 0 spiro atoms. The highest BCUT2D eigenvalue weighted by atomic mass is 19.1. The minimum atomic E-state index is -0.355. The van der Waals surface area contributed by atoms with Crippen molar-refractivity contribution in [1.82, 2.24) is 5.32 Å². The fourth-order valence-electron chi connectivity index (χ4n) is 1.16. The lowest BCUT2D eigenvalue weighted by molar-refractivity contribution is -0.119. The van der Waals surface area contributed by atoms with Crippen molar-refractivity contribution >= 4 is 5.91 Å². The van der Waals surface area contributed by atoms with Crippen LogP contribution in [0.15, 0.2) is 18.2 Å². The monoisotopic (exact) mass is 220 g/mol. The van der Waals surface area contributed by atoms with Crippen molar-refractivity contribution in [3.8, 4) is 11.8 Å². The third-order valence-corrected chi connectivity index (χ3v) is 1.91. The summed E-state index contributed by atoms with van der Waals surface area (Å²) in [5.41, 5.74) is 6.34. The number of benzene rings is 1. The maximum atomic E-state index is 13.3. The highest BCUT2D eigenvalue weighted by molar-refractivity contribution is 5.72. The van der Waals surface area contributed by atoms with Crippen LogP contribution in [0.25, 0.3) is 0 Å². The summed E-state index contributed by atoms with van der Waals surface area (Å²) >= 11 is 0. The number of nitrogens with one attached hydrogen (secondary N) is 1. The van der Waals surface area contributed by atoms with Gasteiger partial charge in [0, 0.05) is 24.6 Å². The number of hydrogen-bond donors (Lipinski definition) is 2. The minimum Gasteiger partial charge on any atom is -0.352 e. The molecule has 0 aliphatic heterocycles. The van der Waals surface area contributed by atoms with Gasteiger partial charge in [-0.05, 0) is 18.2 Å². The Hall–Kier alpha value is -1.86. The van der Waals surface area contributed by atoms with Gasteiger partial charge in [0.25, 0.3) is 0 Å². The van der Waals surface area contributed by atoms with Gasteiger partial charge in [-0.1, -0.05) is 11.8 Å². The molecule has 0 aliphatic rings. The predicted octanol–water partition coefficient (Wildman–Crippen LogP) is 0.772. The molecule has 1 aromatic carbocycles. The summed E-state index contributed by atoms with van der Waals surface area (Å²) in [4.78, 5) is 10.7. The molecule has 0 radical (unpaired) electrons. The summed E-state index contributed by atoms with van der Waals surface area (Å²) in [6, 6.07) is 4.51. The maximum absolute atomic E-state index is 13.3. The van der Waals surface area contributed by atoms with Crippen LogP contribution in [-0.4, -0.2) is 12.5 Å². The van der Waals surface area contributed by atoms with Gasteiger partial charge in [-0.2, -0.15) is 0 Å². The van der Waals surface area contributed by atoms with E-state index in [0.717, 1.165) is 0 Å². The normalized spacial score (nSPS) is 9.19. The molecule has 3 nitrogen and oxygen atoms in total. The first-order valence-electron chi connectivity index (χ1n) is 4.85. The first-order chi connectivity index (χ1) is 7.63. The summed E-state index contributed by atoms with van der Waals surface area (Å²) < 4.78 is 13.3. The Morgan fingerprint density at radius 3 is 2.94 bits per heavy atom. The molecule has 0 saturated heterocycles. The topological polar surface area (TPSA) is 55.1 Å². The third kappa shape index (κ3) is 3.71. The van der Waals surface area contributed by atoms with Crippen LogP contribution in [0, 0.1) is 17.7 Å². The second kappa shape index (κ2) is 5.89. The van der Waals surface area contributed by atoms with Gasteiger partial charge < -0.3 is 11.1 Å². The van der Waals surface area contributed by atoms with Crippen LogP contribution in [-0.2, 0) is 11.3 Å². The largest absolute Gasteiger partial charge is 0.352 e. The number of hydrogen-bond acceptors (Lipinski definition) is 2. The Balaban J connectivity index is 2.86. The summed E-state index contributed by atoms with van der Waals surface area (Å²) in [6.07, 6.45) is 0. The van der Waals surface area contributed by atoms with Gasteiger partial charge in [-0.15, -0.1) is 0 Å². The zero-order chi connectivity index (χ0) is 12.0. The van der Waals surface area contributed by atoms with Crippen molar-refractivity contribution < 1.29 is 9.18 Å². The zero-order valence-electron chi connectivity index (χ0n) is 9.01. The van der Waals surface area contributed by atoms with E-state index >= 15 is 0 Å². The average Bonchev–Trinajstić information content (AvgIpc) is 2.26. The van der Waals surface area contributed by atoms with E-state index in [1.165, 1.54) is 13.0 Å². The number of amides is 1. The second-order valence-corrected chi connectivity index (χ2v) is 3.22. The number of rotatable bonds is 2. The van der Waals surface area contributed by atoms with Gasteiger partial charge in [-0.3, -0.25) is 4.79 Å². The first-order valence-corrected chi connectivity index (χ1v) is 4.85. The number of carbonyl (C=O) groups is 1. The highest BCUT2D eigenvalue weighted by Gasteiger charge is 2.03. The molecular weight excluding hydrogens is 207 g/mol. The van der Waals surface area contributed by atoms with E-state index in [1.807, 2.05) is 0 Å². The van der Waals surface area contributed by atoms with Crippen LogP contribution in [0.1, 0.15) is 18.1 Å². The molecule has 1 aromatic rings. The van der Waals surface area contributed by atoms with Crippen molar-refractivity contribution in [1.29, 1.82) is 0 Å². The van der Waals surface area contributed by atoms with Gasteiger partial charge in [0.05, 0.1) is 6.54 Å². The Kier molecular flexibility index (Phi) is 4.49. The summed E-state index contributed by atoms with van der Waals surface area (Å²) in [6.45, 7) is 1.81. The van der Waals surface area contributed by atoms with E-state index in [2.05, 4.69) is 17.2 Å². The van der Waals surface area contributed by atoms with Crippen molar-refractivity contribution in [2.24, 2.45) is 5.73 Å². The van der Waals surface area contributed by atoms with Crippen molar-refractivity contribution in [3.05, 3.63) is 35.1 Å². The van der Waals surface area contributed by atoms with E-state index in [0.29, 0.717) is 11.1 Å². The molecule has 1 amide bonds. The molecule has 4 heteroatoms. The standard InChI is InChI=1S/C12H13FN2O/c1-9(16)15-8-11-7-10(3-2-6-14)4-5-12(11)13/h4-5,7H,6,8,14H2,1H3,(H,15,16). The fraction of sp³-hybridized carbons (Fsp3) is 0.250. The van der Waals surface area contributed by atoms with Crippen LogP contribution in [0.4, 0.5) is 4.39 Å². The summed E-state index contributed by atoms with van der Waals surface area (Å²) in [7, 11) is 0. The van der Waals surface area contributed by atoms with Crippen LogP contribution in [0.2, 0.25) is 0 Å². The van der Waals surface area contributed by atoms with Crippen molar-refractivity contribution in [2.45, 2.75) is 13.5 Å². The molecule has 0 heterocycles. The smallest absolute Gasteiger partial charge is 0.217 e. The van der Waals surface area contributed by atoms with Gasteiger partial charge in [0.2, 0.25) is 5.91 Å². The maximum Gasteiger partial charge on any atom is 0.217 e. The molecule has 0 saturated carbocycles. The minimum absolute atomic E-state index is 0.166. The summed E-state index contributed by atoms with van der Waals surface area (Å²) in [5, 5.41) is 2.53. The predicted molar refractivity (Wildman–Crippen MR) is 59.9 cm³/mol. The molecule has 0 atom stereocenters. The van der Waals surface area contributed by atoms with E-state index in [1.54, 1.807) is 12.1 Å². The number of carbonyl (C=O) groups excluding carboxylic acids is 1. The lowest BCUT2D eigenvalue weighted by Gasteiger charge is -2.04. The van der Waals surface area contributed by atoms with Gasteiger partial charge in [0.15, 0.2) is 0 Å². The Morgan fingerprint density at radius 1 is 1.56 bits per heavy atom. The second-order valence-electron chi connectivity index (χ2n) is 3.22. The van der Waals surface area contributed by atoms with Crippen LogP contribution >= 0.6 is 0 Å². The fourth-order valence-corrected chi connectivity index (χ4v) is 1.16. The van der Waals surface area contributed by atoms with E-state index < -0.39 is 0 Å². The number of halogens is 1. The molecular formula is C12H13FN2O. The van der Waals surface area contributed by atoms with Gasteiger partial charge >= 0.3 is 0 Å². The lowest BCUT2D eigenvalue weighted by atomic mass is 10.1. The Morgan fingerprint density at radius 2 is 2.31 bits per heavy atom. The van der Waals surface area contributed by atoms with Gasteiger partial charge in [0.1, 0.15) is 5.82 Å². The molecule has 0 aliphatic carbocycles. The number of nitrogens with two attached hydrogens (primary N) is 1. The van der Waals surface area contributed by atoms with E-state index in [4.69, 9.17) is 5.73 Å². The molecule has 0 aromatic heterocycles. The molecule has 0 bridgehead atoms. The van der Waals surface area contributed by atoms with E-state index in [-0.39, 0.29) is 24.8 Å². The SMILES string of the molecule is CC(=O)NCc1cc(C#CCN)ccc1F. The van der Waals surface area contributed by atoms with Crippen LogP contribution in [0.5, 0.6) is 0 Å². The first kappa shape index (κ1) is 12.2. The Labute approximate surface area is 93.8 Å². The molecule has 0 fully saturated rings. The molecule has 3 N–H and O–H groups in total. The molecule has 16 heavy (non-hydrogen) atoms. The van der Waals surface area contributed by atoms with Crippen molar-refractivity contribution in [3.63, 3.8) is 0 Å². The van der Waals surface area contributed by atoms with Gasteiger partial charge in [-0.25, -0.2) is 4.39 Å². The average molecular weight is 220 g/mol. The summed E-state index contributed by atoms with van der Waals surface area (Å²) in [5.74, 6) is 4.94. The van der Waals surface area contributed by atoms with E-state index in [9.17, 15) is 9.18 Å². The zero-order valence-corrected chi connectivity index (χ0v) is 9.01. The van der Waals surface area contributed by atoms with Crippen LogP contribution in [0.3, 0.4) is 0 Å². The lowest BCUT2D eigenvalue weighted by Crippen LogP contribution is -2.19. The quantitative estimate of drug-likeness (QED) is 0.723. The third-order valence-electron chi connectivity index (χ3n) is 1.91. The van der Waals surface area contributed by atoms with Crippen molar-refractivity contribution in [2.75, 3.05) is 6.54 Å². The molecule has 1 rings (SSSR count). The highest BCUT2D eigenvalue weighted by Crippen LogP contribution is 2.09. The molecule has 84 valence electrons. The Bertz CT molecular complexity index is 446. The molecule has 0 unspecified atom stereocenters. The van der Waals surface area contributed by atoms with Crippen LogP contribution < -0.4 is 11.1 Å².